The number of thiophene rings is 1. The number of aryl methyl sites for hydroxylation is 2. The van der Waals surface area contributed by atoms with Gasteiger partial charge >= 0.3 is 0 Å². The van der Waals surface area contributed by atoms with Gasteiger partial charge in [0.25, 0.3) is 0 Å². The first kappa shape index (κ1) is 18.0. The first-order valence-corrected chi connectivity index (χ1v) is 11.4. The van der Waals surface area contributed by atoms with E-state index in [9.17, 15) is 0 Å². The summed E-state index contributed by atoms with van der Waals surface area (Å²) < 4.78 is 2.20. The number of likely N-dealkylation sites (N-methyl/N-ethyl adjacent to an activating group) is 1. The Kier molecular flexibility index (Phi) is 3.95. The number of nitrogens with zero attached hydrogens (tertiary/aromatic N) is 2. The van der Waals surface area contributed by atoms with Crippen molar-refractivity contribution in [2.75, 3.05) is 13.6 Å². The molecule has 4 heterocycles. The monoisotopic (exact) mass is 411 g/mol. The Labute approximate surface area is 180 Å². The summed E-state index contributed by atoms with van der Waals surface area (Å²) in [5.41, 5.74) is 10.7. The van der Waals surface area contributed by atoms with E-state index in [4.69, 9.17) is 0 Å². The van der Waals surface area contributed by atoms with Gasteiger partial charge in [0.1, 0.15) is 0 Å². The number of H-pyrrole nitrogens is 1. The van der Waals surface area contributed by atoms with Crippen LogP contribution < -0.4 is 0 Å². The quantitative estimate of drug-likeness (QED) is 0.359. The van der Waals surface area contributed by atoms with Crippen molar-refractivity contribution in [3.05, 3.63) is 70.9 Å². The molecule has 150 valence electrons. The van der Waals surface area contributed by atoms with Crippen molar-refractivity contribution in [2.45, 2.75) is 19.9 Å². The number of benzene rings is 2. The molecule has 4 heteroatoms. The second-order valence-corrected chi connectivity index (χ2v) is 9.58. The van der Waals surface area contributed by atoms with Crippen LogP contribution in [0.3, 0.4) is 0 Å². The van der Waals surface area contributed by atoms with Crippen molar-refractivity contribution < 1.29 is 0 Å². The van der Waals surface area contributed by atoms with Crippen LogP contribution in [0.15, 0.2) is 54.0 Å². The van der Waals surface area contributed by atoms with E-state index in [1.54, 1.807) is 0 Å². The predicted octanol–water partition coefficient (Wildman–Crippen LogP) is 6.35. The second-order valence-electron chi connectivity index (χ2n) is 8.67. The van der Waals surface area contributed by atoms with Crippen LogP contribution >= 0.6 is 11.3 Å². The fourth-order valence-electron chi connectivity index (χ4n) is 4.95. The fraction of sp³-hybridized carbons (Fsp3) is 0.231. The summed E-state index contributed by atoms with van der Waals surface area (Å²) in [4.78, 5) is 7.57. The van der Waals surface area contributed by atoms with Crippen LogP contribution in [0.25, 0.3) is 43.4 Å². The zero-order chi connectivity index (χ0) is 20.4. The molecule has 3 aromatic heterocycles. The Balaban J connectivity index is 1.57. The van der Waals surface area contributed by atoms with Crippen LogP contribution in [0, 0.1) is 6.92 Å². The SMILES string of the molecule is Cc1cc(-c2ccsc2-c2ccc3ccn(C)c3c2)c2[nH]c3c(c2c1)CN(C)CC3. The molecule has 5 aromatic rings. The molecule has 30 heavy (non-hydrogen) atoms. The normalized spacial score (nSPS) is 14.6. The highest BCUT2D eigenvalue weighted by Crippen LogP contribution is 2.42. The highest BCUT2D eigenvalue weighted by molar-refractivity contribution is 7.14. The second kappa shape index (κ2) is 6.59. The molecule has 0 atom stereocenters. The average Bonchev–Trinajstić information content (AvgIpc) is 3.45. The Bertz CT molecular complexity index is 1420. The summed E-state index contributed by atoms with van der Waals surface area (Å²) in [6, 6.07) is 16.0. The fourth-order valence-corrected chi connectivity index (χ4v) is 5.86. The van der Waals surface area contributed by atoms with E-state index >= 15 is 0 Å². The van der Waals surface area contributed by atoms with Gasteiger partial charge in [-0.2, -0.15) is 0 Å². The number of nitrogens with one attached hydrogen (secondary N) is 1. The Morgan fingerprint density at radius 3 is 2.80 bits per heavy atom. The zero-order valence-corrected chi connectivity index (χ0v) is 18.4. The Morgan fingerprint density at radius 1 is 1.00 bits per heavy atom. The van der Waals surface area contributed by atoms with Gasteiger partial charge in [-0.05, 0) is 71.8 Å². The summed E-state index contributed by atoms with van der Waals surface area (Å²) in [6.45, 7) is 4.37. The van der Waals surface area contributed by atoms with E-state index in [1.165, 1.54) is 60.2 Å². The minimum Gasteiger partial charge on any atom is -0.358 e. The third-order valence-electron chi connectivity index (χ3n) is 6.53. The van der Waals surface area contributed by atoms with E-state index < -0.39 is 0 Å². The number of aromatic amines is 1. The number of fused-ring (bicyclic) bond motifs is 4. The highest BCUT2D eigenvalue weighted by Gasteiger charge is 2.22. The lowest BCUT2D eigenvalue weighted by molar-refractivity contribution is 0.313. The molecular formula is C26H25N3S. The number of rotatable bonds is 2. The van der Waals surface area contributed by atoms with Crippen LogP contribution in [-0.4, -0.2) is 28.0 Å². The molecule has 0 saturated carbocycles. The third-order valence-corrected chi connectivity index (χ3v) is 7.49. The highest BCUT2D eigenvalue weighted by atomic mass is 32.1. The molecule has 0 bridgehead atoms. The largest absolute Gasteiger partial charge is 0.358 e. The lowest BCUT2D eigenvalue weighted by atomic mass is 9.96. The van der Waals surface area contributed by atoms with Gasteiger partial charge in [-0.1, -0.05) is 12.1 Å². The van der Waals surface area contributed by atoms with E-state index in [-0.39, 0.29) is 0 Å². The molecule has 3 nitrogen and oxygen atoms in total. The van der Waals surface area contributed by atoms with E-state index in [0.717, 1.165) is 19.5 Å². The summed E-state index contributed by atoms with van der Waals surface area (Å²) in [6.07, 6.45) is 3.23. The van der Waals surface area contributed by atoms with Crippen LogP contribution in [0.4, 0.5) is 0 Å². The van der Waals surface area contributed by atoms with Gasteiger partial charge in [0, 0.05) is 65.4 Å². The summed E-state index contributed by atoms with van der Waals surface area (Å²) in [5, 5.41) is 4.91. The van der Waals surface area contributed by atoms with Crippen molar-refractivity contribution in [3.8, 4) is 21.6 Å². The maximum atomic E-state index is 3.81. The van der Waals surface area contributed by atoms with Gasteiger partial charge in [-0.15, -0.1) is 11.3 Å². The van der Waals surface area contributed by atoms with Crippen LogP contribution in [-0.2, 0) is 20.0 Å². The standard InChI is InChI=1S/C26H25N3S/c1-16-12-20(25-21(13-16)22-15-28(2)9-7-23(22)27-25)19-8-11-30-26(19)18-5-4-17-6-10-29(3)24(17)14-18/h4-6,8,10-14,27H,7,9,15H2,1-3H3. The molecule has 0 fully saturated rings. The molecule has 0 radical (unpaired) electrons. The topological polar surface area (TPSA) is 24.0 Å². The first-order chi connectivity index (χ1) is 14.6. The van der Waals surface area contributed by atoms with Crippen molar-refractivity contribution in [3.63, 3.8) is 0 Å². The molecular weight excluding hydrogens is 386 g/mol. The predicted molar refractivity (Wildman–Crippen MR) is 128 cm³/mol. The van der Waals surface area contributed by atoms with Crippen LogP contribution in [0.1, 0.15) is 16.8 Å². The smallest absolute Gasteiger partial charge is 0.0539 e. The van der Waals surface area contributed by atoms with Gasteiger partial charge in [-0.3, -0.25) is 0 Å². The average molecular weight is 412 g/mol. The van der Waals surface area contributed by atoms with Crippen LogP contribution in [0.2, 0.25) is 0 Å². The Morgan fingerprint density at radius 2 is 1.90 bits per heavy atom. The maximum Gasteiger partial charge on any atom is 0.0539 e. The number of hydrogen-bond donors (Lipinski definition) is 1. The van der Waals surface area contributed by atoms with E-state index in [0.29, 0.717) is 0 Å². The number of hydrogen-bond acceptors (Lipinski definition) is 2. The molecule has 0 saturated heterocycles. The Hall–Kier alpha value is -2.82. The first-order valence-electron chi connectivity index (χ1n) is 10.5. The summed E-state index contributed by atoms with van der Waals surface area (Å²) >= 11 is 1.83. The van der Waals surface area contributed by atoms with Crippen LogP contribution in [0.5, 0.6) is 0 Å². The molecule has 0 spiro atoms. The van der Waals surface area contributed by atoms with Crippen molar-refractivity contribution in [1.82, 2.24) is 14.5 Å². The minimum atomic E-state index is 1.03. The van der Waals surface area contributed by atoms with E-state index in [1.807, 2.05) is 11.3 Å². The van der Waals surface area contributed by atoms with Gasteiger partial charge in [-0.25, -0.2) is 0 Å². The lowest BCUT2D eigenvalue weighted by Gasteiger charge is -2.22. The lowest BCUT2D eigenvalue weighted by Crippen LogP contribution is -2.25. The van der Waals surface area contributed by atoms with Gasteiger partial charge < -0.3 is 14.5 Å². The molecule has 1 aliphatic rings. The molecule has 2 aromatic carbocycles. The van der Waals surface area contributed by atoms with Gasteiger partial charge in [0.15, 0.2) is 0 Å². The summed E-state index contributed by atoms with van der Waals surface area (Å²) in [7, 11) is 4.33. The maximum absolute atomic E-state index is 3.81. The number of aromatic nitrogens is 2. The summed E-state index contributed by atoms with van der Waals surface area (Å²) in [5.74, 6) is 0. The van der Waals surface area contributed by atoms with Crippen molar-refractivity contribution in [2.24, 2.45) is 7.05 Å². The molecule has 1 aliphatic heterocycles. The molecule has 6 rings (SSSR count). The minimum absolute atomic E-state index is 1.03. The molecule has 0 amide bonds. The van der Waals surface area contributed by atoms with Crippen molar-refractivity contribution in [1.29, 1.82) is 0 Å². The van der Waals surface area contributed by atoms with E-state index in [2.05, 4.69) is 89.5 Å². The molecule has 0 unspecified atom stereocenters. The van der Waals surface area contributed by atoms with Gasteiger partial charge in [0.2, 0.25) is 0 Å². The molecule has 1 N–H and O–H groups in total. The molecule has 0 aliphatic carbocycles. The zero-order valence-electron chi connectivity index (χ0n) is 17.6. The van der Waals surface area contributed by atoms with Crippen molar-refractivity contribution >= 4 is 33.1 Å². The third kappa shape index (κ3) is 2.68. The van der Waals surface area contributed by atoms with Gasteiger partial charge in [0.05, 0.1) is 5.52 Å².